The molecule has 1 saturated heterocycles. The van der Waals surface area contributed by atoms with Gasteiger partial charge in [0.2, 0.25) is 0 Å². The lowest BCUT2D eigenvalue weighted by molar-refractivity contribution is 0.250. The first kappa shape index (κ1) is 12.2. The van der Waals surface area contributed by atoms with E-state index in [0.717, 1.165) is 19.5 Å². The highest BCUT2D eigenvalue weighted by molar-refractivity contribution is 5.25. The summed E-state index contributed by atoms with van der Waals surface area (Å²) in [5, 5.41) is 0. The van der Waals surface area contributed by atoms with Crippen molar-refractivity contribution in [2.24, 2.45) is 0 Å². The topological polar surface area (TPSA) is 3.24 Å². The fourth-order valence-electron chi connectivity index (χ4n) is 2.85. The monoisotopic (exact) mass is 249 g/mol. The number of hydrogen-bond acceptors (Lipinski definition) is 1. The van der Waals surface area contributed by atoms with Gasteiger partial charge in [-0.15, -0.1) is 0 Å². The van der Waals surface area contributed by atoms with E-state index in [1.54, 1.807) is 0 Å². The molecule has 1 atom stereocenters. The Balaban J connectivity index is 1.81. The number of rotatable bonds is 3. The first-order valence-electron chi connectivity index (χ1n) is 6.82. The van der Waals surface area contributed by atoms with Gasteiger partial charge >= 0.3 is 0 Å². The number of benzene rings is 2. The second-order valence-electron chi connectivity index (χ2n) is 5.27. The number of likely N-dealkylation sites (tertiary alicyclic amines) is 1. The molecule has 1 nitrogen and oxygen atoms in total. The Morgan fingerprint density at radius 2 is 1.58 bits per heavy atom. The van der Waals surface area contributed by atoms with Crippen LogP contribution in [0, 0.1) is 0 Å². The Bertz CT molecular complexity index is 544. The third kappa shape index (κ3) is 2.77. The molecule has 0 amide bonds. The van der Waals surface area contributed by atoms with Crippen molar-refractivity contribution in [1.29, 1.82) is 0 Å². The highest BCUT2D eigenvalue weighted by Crippen LogP contribution is 2.35. The quantitative estimate of drug-likeness (QED) is 0.737. The average molecular weight is 249 g/mol. The Morgan fingerprint density at radius 3 is 2.26 bits per heavy atom. The first-order valence-corrected chi connectivity index (χ1v) is 6.82. The maximum Gasteiger partial charge on any atom is 0.0392 e. The van der Waals surface area contributed by atoms with Crippen molar-refractivity contribution in [3.8, 4) is 0 Å². The van der Waals surface area contributed by atoms with Crippen LogP contribution in [0.15, 0.2) is 72.8 Å². The van der Waals surface area contributed by atoms with Gasteiger partial charge < -0.3 is 0 Å². The molecule has 0 spiro atoms. The second-order valence-corrected chi connectivity index (χ2v) is 5.27. The molecule has 0 aromatic heterocycles. The summed E-state index contributed by atoms with van der Waals surface area (Å²) in [4.78, 5) is 2.52. The summed E-state index contributed by atoms with van der Waals surface area (Å²) in [6, 6.07) is 21.9. The molecule has 1 heterocycles. The van der Waals surface area contributed by atoms with E-state index in [0.29, 0.717) is 6.04 Å². The minimum atomic E-state index is 0.480. The largest absolute Gasteiger partial charge is 0.288 e. The van der Waals surface area contributed by atoms with Gasteiger partial charge in [-0.1, -0.05) is 72.8 Å². The van der Waals surface area contributed by atoms with Crippen LogP contribution in [0.4, 0.5) is 0 Å². The molecular formula is C18H19N. The lowest BCUT2D eigenvalue weighted by Gasteiger charge is -2.24. The van der Waals surface area contributed by atoms with E-state index in [4.69, 9.17) is 0 Å². The molecule has 96 valence electrons. The SMILES string of the molecule is C=C1CC(c2ccccc2)N(Cc2ccccc2)C1. The molecular weight excluding hydrogens is 230 g/mol. The van der Waals surface area contributed by atoms with Gasteiger partial charge in [0, 0.05) is 19.1 Å². The van der Waals surface area contributed by atoms with Crippen LogP contribution in [0.2, 0.25) is 0 Å². The van der Waals surface area contributed by atoms with Crippen LogP contribution in [0.25, 0.3) is 0 Å². The molecule has 3 rings (SSSR count). The first-order chi connectivity index (χ1) is 9.33. The molecule has 2 aromatic rings. The minimum absolute atomic E-state index is 0.480. The molecule has 1 unspecified atom stereocenters. The standard InChI is InChI=1S/C18H19N/c1-15-12-18(17-10-6-3-7-11-17)19(13-15)14-16-8-4-2-5-9-16/h2-11,18H,1,12-14H2. The van der Waals surface area contributed by atoms with Crippen LogP contribution < -0.4 is 0 Å². The van der Waals surface area contributed by atoms with Gasteiger partial charge in [-0.2, -0.15) is 0 Å². The molecule has 1 aliphatic heterocycles. The van der Waals surface area contributed by atoms with Crippen molar-refractivity contribution < 1.29 is 0 Å². The predicted octanol–water partition coefficient (Wildman–Crippen LogP) is 4.19. The normalized spacial score (nSPS) is 19.8. The van der Waals surface area contributed by atoms with Crippen LogP contribution in [0.1, 0.15) is 23.6 Å². The molecule has 0 aliphatic carbocycles. The van der Waals surface area contributed by atoms with Gasteiger partial charge in [-0.3, -0.25) is 4.90 Å². The Labute approximate surface area is 115 Å². The zero-order chi connectivity index (χ0) is 13.1. The maximum atomic E-state index is 4.18. The summed E-state index contributed by atoms with van der Waals surface area (Å²) < 4.78 is 0. The van der Waals surface area contributed by atoms with Gasteiger partial charge in [0.15, 0.2) is 0 Å². The molecule has 2 aromatic carbocycles. The predicted molar refractivity (Wildman–Crippen MR) is 79.8 cm³/mol. The molecule has 1 fully saturated rings. The van der Waals surface area contributed by atoms with E-state index in [1.807, 2.05) is 0 Å². The summed E-state index contributed by atoms with van der Waals surface area (Å²) in [5.74, 6) is 0. The third-order valence-electron chi connectivity index (χ3n) is 3.76. The minimum Gasteiger partial charge on any atom is -0.288 e. The van der Waals surface area contributed by atoms with Crippen molar-refractivity contribution in [3.05, 3.63) is 83.9 Å². The van der Waals surface area contributed by atoms with Crippen LogP contribution in [0.3, 0.4) is 0 Å². The zero-order valence-electron chi connectivity index (χ0n) is 11.1. The highest BCUT2D eigenvalue weighted by Gasteiger charge is 2.27. The highest BCUT2D eigenvalue weighted by atomic mass is 15.2. The fourth-order valence-corrected chi connectivity index (χ4v) is 2.85. The fraction of sp³-hybridized carbons (Fsp3) is 0.222. The molecule has 1 heteroatoms. The van der Waals surface area contributed by atoms with Gasteiger partial charge in [0.05, 0.1) is 0 Å². The Hall–Kier alpha value is -1.86. The van der Waals surface area contributed by atoms with Gasteiger partial charge in [0.1, 0.15) is 0 Å². The molecule has 0 saturated carbocycles. The number of nitrogens with zero attached hydrogens (tertiary/aromatic N) is 1. The number of hydrogen-bond donors (Lipinski definition) is 0. The van der Waals surface area contributed by atoms with Crippen molar-refractivity contribution >= 4 is 0 Å². The summed E-state index contributed by atoms with van der Waals surface area (Å²) >= 11 is 0. The van der Waals surface area contributed by atoms with Crippen molar-refractivity contribution in [1.82, 2.24) is 4.90 Å². The van der Waals surface area contributed by atoms with E-state index in [1.165, 1.54) is 16.7 Å². The lowest BCUT2D eigenvalue weighted by Crippen LogP contribution is -2.22. The van der Waals surface area contributed by atoms with Gasteiger partial charge in [-0.25, -0.2) is 0 Å². The van der Waals surface area contributed by atoms with E-state index in [-0.39, 0.29) is 0 Å². The van der Waals surface area contributed by atoms with Crippen molar-refractivity contribution in [3.63, 3.8) is 0 Å². The lowest BCUT2D eigenvalue weighted by atomic mass is 10.0. The molecule has 19 heavy (non-hydrogen) atoms. The Kier molecular flexibility index (Phi) is 3.47. The van der Waals surface area contributed by atoms with Gasteiger partial charge in [-0.05, 0) is 17.5 Å². The van der Waals surface area contributed by atoms with E-state index < -0.39 is 0 Å². The zero-order valence-corrected chi connectivity index (χ0v) is 11.1. The molecule has 0 bridgehead atoms. The average Bonchev–Trinajstić information content (AvgIpc) is 2.82. The second kappa shape index (κ2) is 5.41. The van der Waals surface area contributed by atoms with Crippen molar-refractivity contribution in [2.75, 3.05) is 6.54 Å². The van der Waals surface area contributed by atoms with Crippen LogP contribution in [-0.4, -0.2) is 11.4 Å². The summed E-state index contributed by atoms with van der Waals surface area (Å²) in [5.41, 5.74) is 4.11. The smallest absolute Gasteiger partial charge is 0.0392 e. The molecule has 0 N–H and O–H groups in total. The summed E-state index contributed by atoms with van der Waals surface area (Å²) in [6.45, 7) is 6.19. The summed E-state index contributed by atoms with van der Waals surface area (Å²) in [7, 11) is 0. The van der Waals surface area contributed by atoms with E-state index in [9.17, 15) is 0 Å². The summed E-state index contributed by atoms with van der Waals surface area (Å²) in [6.07, 6.45) is 1.08. The van der Waals surface area contributed by atoms with Crippen LogP contribution in [0.5, 0.6) is 0 Å². The van der Waals surface area contributed by atoms with Crippen molar-refractivity contribution in [2.45, 2.75) is 19.0 Å². The maximum absolute atomic E-state index is 4.18. The van der Waals surface area contributed by atoms with Crippen LogP contribution in [-0.2, 0) is 6.54 Å². The molecule has 0 radical (unpaired) electrons. The molecule has 1 aliphatic rings. The van der Waals surface area contributed by atoms with Gasteiger partial charge in [0.25, 0.3) is 0 Å². The van der Waals surface area contributed by atoms with Crippen LogP contribution >= 0.6 is 0 Å². The van der Waals surface area contributed by atoms with E-state index in [2.05, 4.69) is 72.1 Å². The third-order valence-corrected chi connectivity index (χ3v) is 3.76. The van der Waals surface area contributed by atoms with E-state index >= 15 is 0 Å². The Morgan fingerprint density at radius 1 is 0.947 bits per heavy atom.